The zero-order valence-corrected chi connectivity index (χ0v) is 11.5. The fraction of sp³-hybridized carbons (Fsp3) is 0.692. The van der Waals surface area contributed by atoms with Crippen molar-refractivity contribution in [2.45, 2.75) is 12.8 Å². The van der Waals surface area contributed by atoms with E-state index in [4.69, 9.17) is 10.5 Å². The number of methoxy groups -OCH3 is 1. The highest BCUT2D eigenvalue weighted by Gasteiger charge is 2.19. The van der Waals surface area contributed by atoms with Crippen molar-refractivity contribution < 1.29 is 4.74 Å². The number of ether oxygens (including phenoxy) is 1. The number of nitrogens with two attached hydrogens (primary N) is 1. The van der Waals surface area contributed by atoms with Gasteiger partial charge in [0.05, 0.1) is 6.61 Å². The molecule has 106 valence electrons. The molecule has 2 heterocycles. The van der Waals surface area contributed by atoms with E-state index < -0.39 is 0 Å². The first kappa shape index (κ1) is 14.0. The third-order valence-corrected chi connectivity index (χ3v) is 3.54. The minimum atomic E-state index is 0.664. The maximum Gasteiger partial charge on any atom is 0.134 e. The van der Waals surface area contributed by atoms with Gasteiger partial charge in [-0.3, -0.25) is 0 Å². The molecule has 0 atom stereocenters. The molecule has 6 heteroatoms. The predicted molar refractivity (Wildman–Crippen MR) is 76.4 cm³/mol. The Morgan fingerprint density at radius 2 is 2.21 bits per heavy atom. The molecule has 0 spiro atoms. The number of piperidine rings is 1. The molecule has 1 fully saturated rings. The first-order valence-electron chi connectivity index (χ1n) is 6.83. The van der Waals surface area contributed by atoms with E-state index in [1.807, 2.05) is 6.07 Å². The van der Waals surface area contributed by atoms with Crippen molar-refractivity contribution in [2.24, 2.45) is 11.7 Å². The molecule has 0 bridgehead atoms. The van der Waals surface area contributed by atoms with Gasteiger partial charge in [0, 0.05) is 32.8 Å². The van der Waals surface area contributed by atoms with Crippen LogP contribution in [0.2, 0.25) is 0 Å². The van der Waals surface area contributed by atoms with Gasteiger partial charge >= 0.3 is 0 Å². The summed E-state index contributed by atoms with van der Waals surface area (Å²) in [5, 5.41) is 3.22. The minimum absolute atomic E-state index is 0.664. The quantitative estimate of drug-likeness (QED) is 0.738. The minimum Gasteiger partial charge on any atom is -0.383 e. The zero-order chi connectivity index (χ0) is 13.5. The molecule has 0 amide bonds. The Balaban J connectivity index is 1.91. The van der Waals surface area contributed by atoms with Gasteiger partial charge in [0.15, 0.2) is 0 Å². The molecule has 0 saturated carbocycles. The summed E-state index contributed by atoms with van der Waals surface area (Å²) in [5.41, 5.74) is 5.71. The highest BCUT2D eigenvalue weighted by Crippen LogP contribution is 2.22. The smallest absolute Gasteiger partial charge is 0.134 e. The van der Waals surface area contributed by atoms with E-state index >= 15 is 0 Å². The van der Waals surface area contributed by atoms with E-state index in [2.05, 4.69) is 20.2 Å². The van der Waals surface area contributed by atoms with Crippen LogP contribution in [0.3, 0.4) is 0 Å². The van der Waals surface area contributed by atoms with Gasteiger partial charge in [-0.15, -0.1) is 0 Å². The van der Waals surface area contributed by atoms with Crippen LogP contribution >= 0.6 is 0 Å². The summed E-state index contributed by atoms with van der Waals surface area (Å²) in [7, 11) is 1.69. The SMILES string of the molecule is COCCNc1cc(N2CCC(CN)CC2)ncn1. The summed E-state index contributed by atoms with van der Waals surface area (Å²) in [6.45, 7) is 4.26. The molecule has 19 heavy (non-hydrogen) atoms. The average molecular weight is 265 g/mol. The lowest BCUT2D eigenvalue weighted by Crippen LogP contribution is -2.36. The second-order valence-corrected chi connectivity index (χ2v) is 4.85. The highest BCUT2D eigenvalue weighted by molar-refractivity contribution is 5.48. The monoisotopic (exact) mass is 265 g/mol. The molecular formula is C13H23N5O. The standard InChI is InChI=1S/C13H23N5O/c1-19-7-4-15-12-8-13(17-10-16-12)18-5-2-11(9-14)3-6-18/h8,10-11H,2-7,9,14H2,1H3,(H,15,16,17). The van der Waals surface area contributed by atoms with E-state index in [9.17, 15) is 0 Å². The fourth-order valence-electron chi connectivity index (χ4n) is 2.30. The van der Waals surface area contributed by atoms with Crippen molar-refractivity contribution in [2.75, 3.05) is 50.1 Å². The van der Waals surface area contributed by atoms with Gasteiger partial charge in [-0.2, -0.15) is 0 Å². The molecule has 0 aromatic carbocycles. The van der Waals surface area contributed by atoms with Crippen LogP contribution in [-0.4, -0.2) is 49.9 Å². The second kappa shape index (κ2) is 7.25. The Morgan fingerprint density at radius 3 is 2.89 bits per heavy atom. The van der Waals surface area contributed by atoms with Crippen LogP contribution in [0, 0.1) is 5.92 Å². The molecule has 0 radical (unpaired) electrons. The summed E-state index contributed by atoms with van der Waals surface area (Å²) in [6, 6.07) is 2.00. The number of nitrogens with one attached hydrogen (secondary N) is 1. The van der Waals surface area contributed by atoms with Gasteiger partial charge in [0.2, 0.25) is 0 Å². The highest BCUT2D eigenvalue weighted by atomic mass is 16.5. The van der Waals surface area contributed by atoms with Crippen LogP contribution in [0.15, 0.2) is 12.4 Å². The van der Waals surface area contributed by atoms with Crippen LogP contribution in [0.1, 0.15) is 12.8 Å². The van der Waals surface area contributed by atoms with Gasteiger partial charge in [0.1, 0.15) is 18.0 Å². The van der Waals surface area contributed by atoms with Gasteiger partial charge in [-0.1, -0.05) is 0 Å². The van der Waals surface area contributed by atoms with Crippen LogP contribution in [-0.2, 0) is 4.74 Å². The predicted octanol–water partition coefficient (Wildman–Crippen LogP) is 0.710. The number of hydrogen-bond donors (Lipinski definition) is 2. The second-order valence-electron chi connectivity index (χ2n) is 4.85. The molecule has 1 aromatic rings. The van der Waals surface area contributed by atoms with E-state index in [0.29, 0.717) is 12.5 Å². The lowest BCUT2D eigenvalue weighted by Gasteiger charge is -2.32. The van der Waals surface area contributed by atoms with E-state index in [1.54, 1.807) is 13.4 Å². The number of anilines is 2. The van der Waals surface area contributed by atoms with Crippen molar-refractivity contribution in [3.8, 4) is 0 Å². The molecule has 1 aromatic heterocycles. The number of hydrogen-bond acceptors (Lipinski definition) is 6. The Kier molecular flexibility index (Phi) is 5.35. The summed E-state index contributed by atoms with van der Waals surface area (Å²) >= 11 is 0. The van der Waals surface area contributed by atoms with Gasteiger partial charge in [0.25, 0.3) is 0 Å². The number of nitrogens with zero attached hydrogens (tertiary/aromatic N) is 3. The van der Waals surface area contributed by atoms with E-state index in [0.717, 1.165) is 50.7 Å². The molecular weight excluding hydrogens is 242 g/mol. The van der Waals surface area contributed by atoms with Gasteiger partial charge in [-0.05, 0) is 25.3 Å². The normalized spacial score (nSPS) is 16.6. The molecule has 1 saturated heterocycles. The Morgan fingerprint density at radius 1 is 1.42 bits per heavy atom. The fourth-order valence-corrected chi connectivity index (χ4v) is 2.30. The summed E-state index contributed by atoms with van der Waals surface area (Å²) in [5.74, 6) is 2.51. The average Bonchev–Trinajstić information content (AvgIpc) is 2.48. The number of rotatable bonds is 6. The molecule has 6 nitrogen and oxygen atoms in total. The van der Waals surface area contributed by atoms with Gasteiger partial charge in [-0.25, -0.2) is 9.97 Å². The molecule has 0 aliphatic carbocycles. The van der Waals surface area contributed by atoms with Crippen LogP contribution in [0.5, 0.6) is 0 Å². The largest absolute Gasteiger partial charge is 0.383 e. The Labute approximate surface area is 114 Å². The molecule has 1 aliphatic heterocycles. The Bertz CT molecular complexity index is 379. The first-order chi connectivity index (χ1) is 9.33. The third-order valence-electron chi connectivity index (χ3n) is 3.54. The van der Waals surface area contributed by atoms with E-state index in [-0.39, 0.29) is 0 Å². The topological polar surface area (TPSA) is 76.3 Å². The van der Waals surface area contributed by atoms with Crippen molar-refractivity contribution >= 4 is 11.6 Å². The third kappa shape index (κ3) is 4.04. The van der Waals surface area contributed by atoms with E-state index in [1.165, 1.54) is 0 Å². The summed E-state index contributed by atoms with van der Waals surface area (Å²) < 4.78 is 5.01. The lowest BCUT2D eigenvalue weighted by molar-refractivity contribution is 0.210. The molecule has 2 rings (SSSR count). The van der Waals surface area contributed by atoms with Crippen LogP contribution < -0.4 is 16.0 Å². The molecule has 3 N–H and O–H groups in total. The molecule has 0 unspecified atom stereocenters. The molecule has 1 aliphatic rings. The Hall–Kier alpha value is -1.40. The summed E-state index contributed by atoms with van der Waals surface area (Å²) in [4.78, 5) is 10.9. The van der Waals surface area contributed by atoms with Crippen molar-refractivity contribution in [1.29, 1.82) is 0 Å². The first-order valence-corrected chi connectivity index (χ1v) is 6.83. The van der Waals surface area contributed by atoms with Crippen LogP contribution in [0.4, 0.5) is 11.6 Å². The maximum absolute atomic E-state index is 5.71. The maximum atomic E-state index is 5.71. The zero-order valence-electron chi connectivity index (χ0n) is 11.5. The summed E-state index contributed by atoms with van der Waals surface area (Å²) in [6.07, 6.45) is 3.90. The van der Waals surface area contributed by atoms with Crippen LogP contribution in [0.25, 0.3) is 0 Å². The van der Waals surface area contributed by atoms with Crippen molar-refractivity contribution in [3.63, 3.8) is 0 Å². The van der Waals surface area contributed by atoms with Crippen molar-refractivity contribution in [1.82, 2.24) is 9.97 Å². The lowest BCUT2D eigenvalue weighted by atomic mass is 9.97. The van der Waals surface area contributed by atoms with Crippen molar-refractivity contribution in [3.05, 3.63) is 12.4 Å². The number of aromatic nitrogens is 2. The van der Waals surface area contributed by atoms with Gasteiger partial charge < -0.3 is 20.7 Å².